The molecule has 20 heavy (non-hydrogen) atoms. The molecule has 5 heteroatoms. The number of carbonyl (C=O) groups is 2. The van der Waals surface area contributed by atoms with Gasteiger partial charge in [0.2, 0.25) is 11.8 Å². The maximum absolute atomic E-state index is 12.2. The van der Waals surface area contributed by atoms with E-state index in [9.17, 15) is 9.59 Å². The van der Waals surface area contributed by atoms with E-state index >= 15 is 0 Å². The summed E-state index contributed by atoms with van der Waals surface area (Å²) in [4.78, 5) is 28.2. The van der Waals surface area contributed by atoms with E-state index in [4.69, 9.17) is 0 Å². The molecule has 0 spiro atoms. The molecule has 0 unspecified atom stereocenters. The van der Waals surface area contributed by atoms with Crippen molar-refractivity contribution in [2.24, 2.45) is 5.41 Å². The van der Waals surface area contributed by atoms with Crippen molar-refractivity contribution < 1.29 is 9.59 Å². The van der Waals surface area contributed by atoms with Crippen LogP contribution in [0.25, 0.3) is 0 Å². The average Bonchev–Trinajstić information content (AvgIpc) is 2.35. The largest absolute Gasteiger partial charge is 0.351 e. The summed E-state index contributed by atoms with van der Waals surface area (Å²) in [6.07, 6.45) is 3.33. The Morgan fingerprint density at radius 2 is 1.60 bits per heavy atom. The predicted molar refractivity (Wildman–Crippen MR) is 77.8 cm³/mol. The monoisotopic (exact) mass is 277 g/mol. The number of carbonyl (C=O) groups excluding carboxylic acids is 2. The lowest BCUT2D eigenvalue weighted by Crippen LogP contribution is -2.52. The van der Waals surface area contributed by atoms with E-state index in [1.54, 1.807) is 26.2 Å². The lowest BCUT2D eigenvalue weighted by molar-refractivity contribution is -0.142. The van der Waals surface area contributed by atoms with Crippen LogP contribution in [0.4, 0.5) is 0 Å². The Morgan fingerprint density at radius 3 is 2.10 bits per heavy atom. The molecular formula is C15H23N3O2. The molecule has 0 aromatic carbocycles. The summed E-state index contributed by atoms with van der Waals surface area (Å²) in [5.74, 6) is -0.576. The standard InChI is InChI=1S/C15H23N3O2/c1-14(2,3)18-13(20)15(4,5)12(19)17-10-11-6-8-16-9-7-11/h6-9H,10H2,1-5H3,(H,17,19)(H,18,20). The molecule has 0 saturated heterocycles. The summed E-state index contributed by atoms with van der Waals surface area (Å²) in [6.45, 7) is 9.28. The summed E-state index contributed by atoms with van der Waals surface area (Å²) in [5.41, 5.74) is -0.527. The van der Waals surface area contributed by atoms with Crippen molar-refractivity contribution in [3.05, 3.63) is 30.1 Å². The van der Waals surface area contributed by atoms with E-state index in [-0.39, 0.29) is 17.4 Å². The molecule has 1 heterocycles. The van der Waals surface area contributed by atoms with Crippen molar-refractivity contribution in [2.45, 2.75) is 46.7 Å². The Hall–Kier alpha value is -1.91. The van der Waals surface area contributed by atoms with E-state index in [0.29, 0.717) is 6.54 Å². The Balaban J connectivity index is 2.63. The second kappa shape index (κ2) is 6.03. The maximum atomic E-state index is 12.2. The van der Waals surface area contributed by atoms with Crippen LogP contribution in [0.15, 0.2) is 24.5 Å². The van der Waals surface area contributed by atoms with Gasteiger partial charge in [-0.25, -0.2) is 0 Å². The van der Waals surface area contributed by atoms with Gasteiger partial charge in [-0.1, -0.05) is 0 Å². The highest BCUT2D eigenvalue weighted by Gasteiger charge is 2.37. The van der Waals surface area contributed by atoms with Gasteiger partial charge in [0.1, 0.15) is 5.41 Å². The van der Waals surface area contributed by atoms with Crippen LogP contribution < -0.4 is 10.6 Å². The molecule has 0 fully saturated rings. The number of aromatic nitrogens is 1. The minimum atomic E-state index is -1.11. The van der Waals surface area contributed by atoms with Crippen molar-refractivity contribution in [1.29, 1.82) is 0 Å². The molecule has 0 bridgehead atoms. The highest BCUT2D eigenvalue weighted by atomic mass is 16.2. The molecule has 1 aromatic heterocycles. The summed E-state index contributed by atoms with van der Waals surface area (Å²) in [5, 5.41) is 5.61. The molecule has 1 rings (SSSR count). The zero-order valence-corrected chi connectivity index (χ0v) is 12.8. The van der Waals surface area contributed by atoms with Gasteiger partial charge >= 0.3 is 0 Å². The fraction of sp³-hybridized carbons (Fsp3) is 0.533. The minimum absolute atomic E-state index is 0.280. The van der Waals surface area contributed by atoms with Gasteiger partial charge in [-0.05, 0) is 52.3 Å². The van der Waals surface area contributed by atoms with Gasteiger partial charge in [-0.2, -0.15) is 0 Å². The molecule has 0 aliphatic carbocycles. The summed E-state index contributed by atoms with van der Waals surface area (Å²) < 4.78 is 0. The molecule has 1 aromatic rings. The van der Waals surface area contributed by atoms with Crippen LogP contribution >= 0.6 is 0 Å². The van der Waals surface area contributed by atoms with Gasteiger partial charge in [-0.3, -0.25) is 14.6 Å². The van der Waals surface area contributed by atoms with Gasteiger partial charge in [0.05, 0.1) is 0 Å². The molecular weight excluding hydrogens is 254 g/mol. The third-order valence-corrected chi connectivity index (χ3v) is 2.83. The molecule has 0 aliphatic heterocycles. The van der Waals surface area contributed by atoms with Crippen LogP contribution in [0.5, 0.6) is 0 Å². The average molecular weight is 277 g/mol. The Morgan fingerprint density at radius 1 is 1.05 bits per heavy atom. The summed E-state index contributed by atoms with van der Waals surface area (Å²) >= 11 is 0. The van der Waals surface area contributed by atoms with Crippen molar-refractivity contribution in [2.75, 3.05) is 0 Å². The van der Waals surface area contributed by atoms with Crippen molar-refractivity contribution in [1.82, 2.24) is 15.6 Å². The van der Waals surface area contributed by atoms with E-state index in [1.807, 2.05) is 32.9 Å². The van der Waals surface area contributed by atoms with Crippen molar-refractivity contribution in [3.8, 4) is 0 Å². The molecule has 0 radical (unpaired) electrons. The number of hydrogen-bond donors (Lipinski definition) is 2. The third kappa shape index (κ3) is 4.64. The Labute approximate surface area is 120 Å². The first-order chi connectivity index (χ1) is 9.13. The fourth-order valence-electron chi connectivity index (χ4n) is 1.50. The number of amides is 2. The van der Waals surface area contributed by atoms with Crippen LogP contribution in [0.2, 0.25) is 0 Å². The minimum Gasteiger partial charge on any atom is -0.351 e. The van der Waals surface area contributed by atoms with Crippen molar-refractivity contribution >= 4 is 11.8 Å². The molecule has 2 N–H and O–H groups in total. The number of pyridine rings is 1. The number of nitrogens with zero attached hydrogens (tertiary/aromatic N) is 1. The molecule has 110 valence electrons. The highest BCUT2D eigenvalue weighted by molar-refractivity contribution is 6.04. The molecule has 5 nitrogen and oxygen atoms in total. The number of hydrogen-bond acceptors (Lipinski definition) is 3. The van der Waals surface area contributed by atoms with E-state index in [1.165, 1.54) is 0 Å². The first-order valence-electron chi connectivity index (χ1n) is 6.63. The zero-order chi connectivity index (χ0) is 15.4. The zero-order valence-electron chi connectivity index (χ0n) is 12.8. The van der Waals surface area contributed by atoms with E-state index in [0.717, 1.165) is 5.56 Å². The smallest absolute Gasteiger partial charge is 0.235 e. The van der Waals surface area contributed by atoms with Gasteiger partial charge < -0.3 is 10.6 Å². The van der Waals surface area contributed by atoms with Crippen LogP contribution in [-0.4, -0.2) is 22.3 Å². The van der Waals surface area contributed by atoms with Gasteiger partial charge in [0, 0.05) is 24.5 Å². The third-order valence-electron chi connectivity index (χ3n) is 2.83. The molecule has 2 amide bonds. The highest BCUT2D eigenvalue weighted by Crippen LogP contribution is 2.17. The summed E-state index contributed by atoms with van der Waals surface area (Å²) in [7, 11) is 0. The first kappa shape index (κ1) is 16.1. The number of nitrogens with one attached hydrogen (secondary N) is 2. The first-order valence-corrected chi connectivity index (χ1v) is 6.63. The maximum Gasteiger partial charge on any atom is 0.235 e. The van der Waals surface area contributed by atoms with Crippen LogP contribution in [0.1, 0.15) is 40.2 Å². The quantitative estimate of drug-likeness (QED) is 0.822. The second-order valence-electron chi connectivity index (χ2n) is 6.37. The van der Waals surface area contributed by atoms with E-state index in [2.05, 4.69) is 15.6 Å². The van der Waals surface area contributed by atoms with Crippen LogP contribution in [0, 0.1) is 5.41 Å². The second-order valence-corrected chi connectivity index (χ2v) is 6.37. The Bertz CT molecular complexity index is 476. The molecule has 0 aliphatic rings. The number of rotatable bonds is 4. The predicted octanol–water partition coefficient (Wildman–Crippen LogP) is 1.64. The van der Waals surface area contributed by atoms with E-state index < -0.39 is 5.41 Å². The fourth-order valence-corrected chi connectivity index (χ4v) is 1.50. The van der Waals surface area contributed by atoms with Gasteiger partial charge in [0.15, 0.2) is 0 Å². The lowest BCUT2D eigenvalue weighted by atomic mass is 9.89. The SMILES string of the molecule is CC(C)(C)NC(=O)C(C)(C)C(=O)NCc1ccncc1. The van der Waals surface area contributed by atoms with Gasteiger partial charge in [-0.15, -0.1) is 0 Å². The Kier molecular flexibility index (Phi) is 4.87. The van der Waals surface area contributed by atoms with Crippen LogP contribution in [0.3, 0.4) is 0 Å². The molecule has 0 atom stereocenters. The van der Waals surface area contributed by atoms with Crippen molar-refractivity contribution in [3.63, 3.8) is 0 Å². The molecule has 0 saturated carbocycles. The normalized spacial score (nSPS) is 11.8. The van der Waals surface area contributed by atoms with Crippen LogP contribution in [-0.2, 0) is 16.1 Å². The topological polar surface area (TPSA) is 71.1 Å². The summed E-state index contributed by atoms with van der Waals surface area (Å²) in [6, 6.07) is 3.64. The van der Waals surface area contributed by atoms with Gasteiger partial charge in [0.25, 0.3) is 0 Å². The lowest BCUT2D eigenvalue weighted by Gasteiger charge is -2.28.